The number of amides is 2. The summed E-state index contributed by atoms with van der Waals surface area (Å²) >= 11 is 11.1. The molecule has 3 aromatic carbocycles. The third-order valence-electron chi connectivity index (χ3n) is 4.21. The first kappa shape index (κ1) is 21.5. The third kappa shape index (κ3) is 6.69. The highest BCUT2D eigenvalue weighted by molar-refractivity contribution is 7.80. The van der Waals surface area contributed by atoms with Crippen molar-refractivity contribution in [2.24, 2.45) is 0 Å². The number of anilines is 1. The van der Waals surface area contributed by atoms with E-state index in [0.717, 1.165) is 11.1 Å². The smallest absolute Gasteiger partial charge is 0.251 e. The Kier molecular flexibility index (Phi) is 7.54. The van der Waals surface area contributed by atoms with Crippen molar-refractivity contribution in [2.75, 3.05) is 5.32 Å². The van der Waals surface area contributed by atoms with E-state index in [9.17, 15) is 9.59 Å². The van der Waals surface area contributed by atoms with Crippen LogP contribution in [0.15, 0.2) is 78.9 Å². The fraction of sp³-hybridized carbons (Fsp3) is 0.0870. The largest absolute Gasteiger partial charge is 0.348 e. The van der Waals surface area contributed by atoms with Gasteiger partial charge in [-0.25, -0.2) is 0 Å². The zero-order valence-corrected chi connectivity index (χ0v) is 17.6. The number of hydrogen-bond donors (Lipinski definition) is 3. The maximum atomic E-state index is 12.4. The monoisotopic (exact) mass is 437 g/mol. The zero-order valence-electron chi connectivity index (χ0n) is 16.0. The average molecular weight is 438 g/mol. The van der Waals surface area contributed by atoms with Gasteiger partial charge in [-0.1, -0.05) is 60.1 Å². The summed E-state index contributed by atoms with van der Waals surface area (Å²) in [6.45, 7) is 0.441. The summed E-state index contributed by atoms with van der Waals surface area (Å²) in [5.74, 6) is -0.438. The molecule has 0 saturated heterocycles. The van der Waals surface area contributed by atoms with Crippen molar-refractivity contribution in [1.29, 1.82) is 0 Å². The highest BCUT2D eigenvalue weighted by Crippen LogP contribution is 2.12. The standard InChI is InChI=1S/C23H20ClN3O2S/c24-19-11-9-16(10-12-19)13-21(28)27-23(30)26-20-8-4-7-18(14-20)22(29)25-15-17-5-2-1-3-6-17/h1-12,14H,13,15H2,(H,25,29)(H2,26,27,28,30). The first-order chi connectivity index (χ1) is 14.5. The molecule has 0 aliphatic carbocycles. The molecule has 5 nitrogen and oxygen atoms in total. The molecular formula is C23H20ClN3O2S. The SMILES string of the molecule is O=C(Cc1ccc(Cl)cc1)NC(=S)Nc1cccc(C(=O)NCc2ccccc2)c1. The van der Waals surface area contributed by atoms with Gasteiger partial charge in [0, 0.05) is 22.8 Å². The van der Waals surface area contributed by atoms with Gasteiger partial charge in [0.1, 0.15) is 0 Å². The Morgan fingerprint density at radius 2 is 1.60 bits per heavy atom. The molecular weight excluding hydrogens is 418 g/mol. The number of carbonyl (C=O) groups excluding carboxylic acids is 2. The van der Waals surface area contributed by atoms with Gasteiger partial charge in [0.05, 0.1) is 6.42 Å². The molecule has 0 bridgehead atoms. The van der Waals surface area contributed by atoms with E-state index in [0.29, 0.717) is 22.8 Å². The number of carbonyl (C=O) groups is 2. The Labute approximate surface area is 185 Å². The molecule has 2 amide bonds. The quantitative estimate of drug-likeness (QED) is 0.502. The molecule has 0 spiro atoms. The second-order valence-electron chi connectivity index (χ2n) is 6.55. The fourth-order valence-electron chi connectivity index (χ4n) is 2.74. The molecule has 0 radical (unpaired) electrons. The van der Waals surface area contributed by atoms with Crippen LogP contribution in [0.4, 0.5) is 5.69 Å². The highest BCUT2D eigenvalue weighted by Gasteiger charge is 2.09. The molecule has 152 valence electrons. The van der Waals surface area contributed by atoms with Crippen molar-refractivity contribution in [3.63, 3.8) is 0 Å². The highest BCUT2D eigenvalue weighted by atomic mass is 35.5. The zero-order chi connectivity index (χ0) is 21.3. The van der Waals surface area contributed by atoms with Gasteiger partial charge < -0.3 is 16.0 Å². The second-order valence-corrected chi connectivity index (χ2v) is 7.40. The molecule has 3 aromatic rings. The minimum absolute atomic E-state index is 0.163. The molecule has 3 rings (SSSR count). The van der Waals surface area contributed by atoms with Crippen molar-refractivity contribution in [2.45, 2.75) is 13.0 Å². The van der Waals surface area contributed by atoms with Gasteiger partial charge >= 0.3 is 0 Å². The van der Waals surface area contributed by atoms with E-state index in [-0.39, 0.29) is 23.3 Å². The van der Waals surface area contributed by atoms with E-state index >= 15 is 0 Å². The lowest BCUT2D eigenvalue weighted by atomic mass is 10.1. The molecule has 30 heavy (non-hydrogen) atoms. The number of halogens is 1. The topological polar surface area (TPSA) is 70.2 Å². The maximum absolute atomic E-state index is 12.4. The van der Waals surface area contributed by atoms with E-state index < -0.39 is 0 Å². The predicted octanol–water partition coefficient (Wildman–Crippen LogP) is 4.33. The van der Waals surface area contributed by atoms with Crippen LogP contribution >= 0.6 is 23.8 Å². The van der Waals surface area contributed by atoms with Crippen LogP contribution in [-0.2, 0) is 17.8 Å². The molecule has 0 unspecified atom stereocenters. The lowest BCUT2D eigenvalue weighted by Crippen LogP contribution is -2.35. The van der Waals surface area contributed by atoms with Gasteiger partial charge in [-0.3, -0.25) is 9.59 Å². The second kappa shape index (κ2) is 10.5. The van der Waals surface area contributed by atoms with Crippen molar-refractivity contribution < 1.29 is 9.59 Å². The Morgan fingerprint density at radius 1 is 0.867 bits per heavy atom. The summed E-state index contributed by atoms with van der Waals surface area (Å²) in [5.41, 5.74) is 2.95. The van der Waals surface area contributed by atoms with Gasteiger partial charge in [-0.2, -0.15) is 0 Å². The summed E-state index contributed by atoms with van der Waals surface area (Å²) in [4.78, 5) is 24.6. The molecule has 0 atom stereocenters. The van der Waals surface area contributed by atoms with E-state index in [1.807, 2.05) is 30.3 Å². The summed E-state index contributed by atoms with van der Waals surface area (Å²) in [7, 11) is 0. The van der Waals surface area contributed by atoms with Crippen LogP contribution in [0, 0.1) is 0 Å². The van der Waals surface area contributed by atoms with Gasteiger partial charge in [-0.05, 0) is 53.7 Å². The molecule has 0 fully saturated rings. The van der Waals surface area contributed by atoms with Crippen molar-refractivity contribution in [1.82, 2.24) is 10.6 Å². The number of hydrogen-bond acceptors (Lipinski definition) is 3. The van der Waals surface area contributed by atoms with Crippen LogP contribution in [0.1, 0.15) is 21.5 Å². The third-order valence-corrected chi connectivity index (χ3v) is 4.67. The van der Waals surface area contributed by atoms with Gasteiger partial charge in [0.25, 0.3) is 5.91 Å². The first-order valence-corrected chi connectivity index (χ1v) is 10.1. The Bertz CT molecular complexity index is 1040. The van der Waals surface area contributed by atoms with Crippen LogP contribution in [-0.4, -0.2) is 16.9 Å². The number of rotatable bonds is 6. The molecule has 0 heterocycles. The van der Waals surface area contributed by atoms with Crippen LogP contribution in [0.2, 0.25) is 5.02 Å². The van der Waals surface area contributed by atoms with E-state index in [4.69, 9.17) is 23.8 Å². The molecule has 0 aliphatic heterocycles. The molecule has 0 saturated carbocycles. The molecule has 0 aliphatic rings. The van der Waals surface area contributed by atoms with Crippen LogP contribution in [0.5, 0.6) is 0 Å². The summed E-state index contributed by atoms with van der Waals surface area (Å²) in [5, 5.41) is 9.23. The molecule has 0 aromatic heterocycles. The Hall–Kier alpha value is -3.22. The van der Waals surface area contributed by atoms with E-state index in [1.165, 1.54) is 0 Å². The van der Waals surface area contributed by atoms with Crippen LogP contribution in [0.3, 0.4) is 0 Å². The predicted molar refractivity (Wildman–Crippen MR) is 124 cm³/mol. The van der Waals surface area contributed by atoms with Crippen LogP contribution < -0.4 is 16.0 Å². The lowest BCUT2D eigenvalue weighted by Gasteiger charge is -2.11. The van der Waals surface area contributed by atoms with Gasteiger partial charge in [0.15, 0.2) is 5.11 Å². The summed E-state index contributed by atoms with van der Waals surface area (Å²) < 4.78 is 0. The molecule has 7 heteroatoms. The Morgan fingerprint density at radius 3 is 2.33 bits per heavy atom. The average Bonchev–Trinajstić information content (AvgIpc) is 2.74. The number of nitrogens with one attached hydrogen (secondary N) is 3. The van der Waals surface area contributed by atoms with Crippen molar-refractivity contribution in [3.05, 3.63) is 101 Å². The normalized spacial score (nSPS) is 10.2. The Balaban J connectivity index is 1.52. The maximum Gasteiger partial charge on any atom is 0.251 e. The van der Waals surface area contributed by atoms with E-state index in [1.54, 1.807) is 48.5 Å². The number of benzene rings is 3. The minimum Gasteiger partial charge on any atom is -0.348 e. The van der Waals surface area contributed by atoms with Crippen molar-refractivity contribution in [3.8, 4) is 0 Å². The van der Waals surface area contributed by atoms with Crippen LogP contribution in [0.25, 0.3) is 0 Å². The van der Waals surface area contributed by atoms with Gasteiger partial charge in [0.2, 0.25) is 5.91 Å². The first-order valence-electron chi connectivity index (χ1n) is 9.27. The van der Waals surface area contributed by atoms with Crippen molar-refractivity contribution >= 4 is 46.4 Å². The minimum atomic E-state index is -0.244. The fourth-order valence-corrected chi connectivity index (χ4v) is 3.10. The summed E-state index contributed by atoms with van der Waals surface area (Å²) in [6, 6.07) is 23.6. The lowest BCUT2D eigenvalue weighted by molar-refractivity contribution is -0.119. The van der Waals surface area contributed by atoms with E-state index in [2.05, 4.69) is 16.0 Å². The van der Waals surface area contributed by atoms with Gasteiger partial charge in [-0.15, -0.1) is 0 Å². The summed E-state index contributed by atoms with van der Waals surface area (Å²) in [6.07, 6.45) is 0.181. The number of thiocarbonyl (C=S) groups is 1. The molecule has 3 N–H and O–H groups in total.